The fourth-order valence-electron chi connectivity index (χ4n) is 1.76. The van der Waals surface area contributed by atoms with E-state index in [0.29, 0.717) is 24.9 Å². The number of hydrogen-bond donors (Lipinski definition) is 1. The molecule has 5 nitrogen and oxygen atoms in total. The Morgan fingerprint density at radius 2 is 2.15 bits per heavy atom. The largest absolute Gasteiger partial charge is 0.379 e. The maximum absolute atomic E-state index is 6.17. The minimum absolute atomic E-state index is 0.354. The Hall–Kier alpha value is -1.37. The second-order valence-corrected chi connectivity index (χ2v) is 5.53. The molecule has 0 fully saturated rings. The number of rotatable bonds is 6. The van der Waals surface area contributed by atoms with Gasteiger partial charge in [0, 0.05) is 11.5 Å². The first-order valence-corrected chi connectivity index (χ1v) is 7.65. The van der Waals surface area contributed by atoms with E-state index in [-0.39, 0.29) is 0 Å². The molecular formula is C14H19N3O2S. The Morgan fingerprint density at radius 1 is 1.40 bits per heavy atom. The standard InChI is InChI=1S/C14H19N3O2S/c1-4-18-9-14(2,15)13-16-12(19-17-13)10-7-5-6-8-11(10)20-3/h5-8H,4,9,15H2,1-3H3. The Morgan fingerprint density at radius 3 is 2.85 bits per heavy atom. The number of nitrogens with zero attached hydrogens (tertiary/aromatic N) is 2. The van der Waals surface area contributed by atoms with Crippen molar-refractivity contribution in [1.82, 2.24) is 10.1 Å². The van der Waals surface area contributed by atoms with Gasteiger partial charge in [0.1, 0.15) is 5.54 Å². The second-order valence-electron chi connectivity index (χ2n) is 4.68. The summed E-state index contributed by atoms with van der Waals surface area (Å²) in [4.78, 5) is 5.51. The lowest BCUT2D eigenvalue weighted by Gasteiger charge is -2.19. The van der Waals surface area contributed by atoms with Gasteiger partial charge in [0.25, 0.3) is 5.89 Å². The van der Waals surface area contributed by atoms with Crippen LogP contribution in [0.1, 0.15) is 19.7 Å². The van der Waals surface area contributed by atoms with Gasteiger partial charge in [-0.3, -0.25) is 0 Å². The van der Waals surface area contributed by atoms with E-state index in [4.69, 9.17) is 15.0 Å². The van der Waals surface area contributed by atoms with Gasteiger partial charge < -0.3 is 15.0 Å². The first-order chi connectivity index (χ1) is 9.58. The first-order valence-electron chi connectivity index (χ1n) is 6.42. The Labute approximate surface area is 122 Å². The molecular weight excluding hydrogens is 274 g/mol. The van der Waals surface area contributed by atoms with Gasteiger partial charge in [-0.15, -0.1) is 11.8 Å². The van der Waals surface area contributed by atoms with Gasteiger partial charge in [-0.25, -0.2) is 0 Å². The van der Waals surface area contributed by atoms with Gasteiger partial charge >= 0.3 is 0 Å². The van der Waals surface area contributed by atoms with Crippen LogP contribution in [-0.4, -0.2) is 29.6 Å². The maximum Gasteiger partial charge on any atom is 0.259 e. The molecule has 0 aliphatic rings. The molecule has 1 atom stereocenters. The number of ether oxygens (including phenoxy) is 1. The quantitative estimate of drug-likeness (QED) is 0.825. The summed E-state index contributed by atoms with van der Waals surface area (Å²) < 4.78 is 10.7. The Balaban J connectivity index is 2.29. The van der Waals surface area contributed by atoms with Crippen molar-refractivity contribution in [3.8, 4) is 11.5 Å². The number of thioether (sulfide) groups is 1. The zero-order chi connectivity index (χ0) is 14.6. The molecule has 1 aromatic carbocycles. The van der Waals surface area contributed by atoms with Crippen molar-refractivity contribution in [1.29, 1.82) is 0 Å². The van der Waals surface area contributed by atoms with Crippen molar-refractivity contribution in [2.24, 2.45) is 5.73 Å². The molecule has 0 bridgehead atoms. The van der Waals surface area contributed by atoms with E-state index >= 15 is 0 Å². The molecule has 2 N–H and O–H groups in total. The third-order valence-corrected chi connectivity index (χ3v) is 3.68. The van der Waals surface area contributed by atoms with Crippen LogP contribution in [-0.2, 0) is 10.3 Å². The lowest BCUT2D eigenvalue weighted by atomic mass is 10.1. The molecule has 0 spiro atoms. The molecule has 1 unspecified atom stereocenters. The molecule has 0 aliphatic carbocycles. The Bertz CT molecular complexity index is 569. The predicted molar refractivity (Wildman–Crippen MR) is 79.5 cm³/mol. The van der Waals surface area contributed by atoms with Gasteiger partial charge in [0.05, 0.1) is 12.2 Å². The van der Waals surface area contributed by atoms with Gasteiger partial charge in [0.15, 0.2) is 5.82 Å². The fraction of sp³-hybridized carbons (Fsp3) is 0.429. The minimum Gasteiger partial charge on any atom is -0.379 e. The maximum atomic E-state index is 6.17. The van der Waals surface area contributed by atoms with Crippen LogP contribution < -0.4 is 5.73 Å². The summed E-state index contributed by atoms with van der Waals surface area (Å²) in [7, 11) is 0. The molecule has 1 heterocycles. The molecule has 6 heteroatoms. The lowest BCUT2D eigenvalue weighted by molar-refractivity contribution is 0.0962. The molecule has 0 radical (unpaired) electrons. The molecule has 0 amide bonds. The summed E-state index contributed by atoms with van der Waals surface area (Å²) in [5.41, 5.74) is 6.34. The molecule has 108 valence electrons. The van der Waals surface area contributed by atoms with Crippen molar-refractivity contribution < 1.29 is 9.26 Å². The van der Waals surface area contributed by atoms with Crippen LogP contribution in [0.3, 0.4) is 0 Å². The zero-order valence-corrected chi connectivity index (χ0v) is 12.7. The van der Waals surface area contributed by atoms with E-state index in [1.165, 1.54) is 0 Å². The highest BCUT2D eigenvalue weighted by molar-refractivity contribution is 7.98. The number of aromatic nitrogens is 2. The van der Waals surface area contributed by atoms with Crippen molar-refractivity contribution >= 4 is 11.8 Å². The summed E-state index contributed by atoms with van der Waals surface area (Å²) in [5.74, 6) is 0.940. The smallest absolute Gasteiger partial charge is 0.259 e. The second kappa shape index (κ2) is 6.39. The molecule has 0 saturated carbocycles. The molecule has 2 rings (SSSR count). The molecule has 20 heavy (non-hydrogen) atoms. The minimum atomic E-state index is -0.758. The average Bonchev–Trinajstić information content (AvgIpc) is 2.95. The van der Waals surface area contributed by atoms with Crippen molar-refractivity contribution in [3.63, 3.8) is 0 Å². The summed E-state index contributed by atoms with van der Waals surface area (Å²) in [6.45, 7) is 4.71. The van der Waals surface area contributed by atoms with E-state index in [2.05, 4.69) is 10.1 Å². The van der Waals surface area contributed by atoms with E-state index < -0.39 is 5.54 Å². The SMILES string of the molecule is CCOCC(C)(N)c1noc(-c2ccccc2SC)n1. The summed E-state index contributed by atoms with van der Waals surface area (Å²) >= 11 is 1.64. The predicted octanol–water partition coefficient (Wildman–Crippen LogP) is 2.67. The van der Waals surface area contributed by atoms with Crippen LogP contribution in [0.25, 0.3) is 11.5 Å². The highest BCUT2D eigenvalue weighted by Crippen LogP contribution is 2.29. The molecule has 2 aromatic rings. The normalized spacial score (nSPS) is 14.2. The van der Waals surface area contributed by atoms with Crippen LogP contribution in [0, 0.1) is 0 Å². The van der Waals surface area contributed by atoms with Crippen LogP contribution in [0.5, 0.6) is 0 Å². The Kier molecular flexibility index (Phi) is 4.80. The van der Waals surface area contributed by atoms with Crippen LogP contribution in [0.4, 0.5) is 0 Å². The number of benzene rings is 1. The van der Waals surface area contributed by atoms with Crippen LogP contribution >= 0.6 is 11.8 Å². The third kappa shape index (κ3) is 3.20. The highest BCUT2D eigenvalue weighted by atomic mass is 32.2. The van der Waals surface area contributed by atoms with E-state index in [0.717, 1.165) is 10.5 Å². The van der Waals surface area contributed by atoms with E-state index in [9.17, 15) is 0 Å². The summed E-state index contributed by atoms with van der Waals surface area (Å²) in [6.07, 6.45) is 2.01. The molecule has 0 saturated heterocycles. The average molecular weight is 293 g/mol. The van der Waals surface area contributed by atoms with Gasteiger partial charge in [-0.2, -0.15) is 4.98 Å². The van der Waals surface area contributed by atoms with Crippen molar-refractivity contribution in [2.75, 3.05) is 19.5 Å². The summed E-state index contributed by atoms with van der Waals surface area (Å²) in [6, 6.07) is 7.90. The van der Waals surface area contributed by atoms with Crippen molar-refractivity contribution in [2.45, 2.75) is 24.3 Å². The number of nitrogens with two attached hydrogens (primary N) is 1. The third-order valence-electron chi connectivity index (χ3n) is 2.88. The van der Waals surface area contributed by atoms with E-state index in [1.807, 2.05) is 44.4 Å². The highest BCUT2D eigenvalue weighted by Gasteiger charge is 2.28. The van der Waals surface area contributed by atoms with Gasteiger partial charge in [-0.05, 0) is 32.2 Å². The first kappa shape index (κ1) is 15.0. The number of hydrogen-bond acceptors (Lipinski definition) is 6. The van der Waals surface area contributed by atoms with Crippen molar-refractivity contribution in [3.05, 3.63) is 30.1 Å². The van der Waals surface area contributed by atoms with E-state index in [1.54, 1.807) is 11.8 Å². The van der Waals surface area contributed by atoms with Crippen LogP contribution in [0.15, 0.2) is 33.7 Å². The zero-order valence-electron chi connectivity index (χ0n) is 11.9. The summed E-state index contributed by atoms with van der Waals surface area (Å²) in [5, 5.41) is 3.99. The topological polar surface area (TPSA) is 74.2 Å². The van der Waals surface area contributed by atoms with Gasteiger partial charge in [-0.1, -0.05) is 17.3 Å². The van der Waals surface area contributed by atoms with Crippen LogP contribution in [0.2, 0.25) is 0 Å². The monoisotopic (exact) mass is 293 g/mol. The fourth-order valence-corrected chi connectivity index (χ4v) is 2.35. The lowest BCUT2D eigenvalue weighted by Crippen LogP contribution is -2.39. The van der Waals surface area contributed by atoms with Gasteiger partial charge in [0.2, 0.25) is 0 Å². The molecule has 0 aliphatic heterocycles. The molecule has 1 aromatic heterocycles.